The molecule has 250 valence electrons. The minimum Gasteiger partial charge on any atom is -0.490 e. The summed E-state index contributed by atoms with van der Waals surface area (Å²) in [5.74, 6) is 1.22. The van der Waals surface area contributed by atoms with Crippen molar-refractivity contribution in [2.75, 3.05) is 38.1 Å². The van der Waals surface area contributed by atoms with Gasteiger partial charge < -0.3 is 24.2 Å². The van der Waals surface area contributed by atoms with Crippen molar-refractivity contribution < 1.29 is 23.9 Å². The Morgan fingerprint density at radius 3 is 2.39 bits per heavy atom. The van der Waals surface area contributed by atoms with Gasteiger partial charge in [-0.3, -0.25) is 14.5 Å². The van der Waals surface area contributed by atoms with Gasteiger partial charge in [0.15, 0.2) is 0 Å². The average molecular weight is 633 g/mol. The van der Waals surface area contributed by atoms with Gasteiger partial charge in [-0.1, -0.05) is 18.2 Å². The van der Waals surface area contributed by atoms with Crippen LogP contribution in [-0.4, -0.2) is 83.6 Å². The Bertz CT molecular complexity index is 1400. The molecule has 2 aromatic carbocycles. The number of hydrogen-bond acceptors (Lipinski definition) is 6. The molecule has 0 spiro atoms. The first-order chi connectivity index (χ1) is 21.9. The topological polar surface area (TPSA) is 82.6 Å². The highest BCUT2D eigenvalue weighted by Gasteiger charge is 2.32. The molecular formula is C37H52N4O5. The number of carbonyl (C=O) groups excluding carboxylic acids is 3. The molecule has 1 saturated carbocycles. The normalized spacial score (nSPS) is 22.6. The van der Waals surface area contributed by atoms with E-state index in [0.717, 1.165) is 80.8 Å². The monoisotopic (exact) mass is 632 g/mol. The molecule has 9 nitrogen and oxygen atoms in total. The molecule has 46 heavy (non-hydrogen) atoms. The van der Waals surface area contributed by atoms with Crippen LogP contribution >= 0.6 is 0 Å². The Balaban J connectivity index is 1.09. The second-order valence-electron chi connectivity index (χ2n) is 14.4. The van der Waals surface area contributed by atoms with Crippen molar-refractivity contribution in [3.05, 3.63) is 59.2 Å². The molecule has 5 rings (SSSR count). The summed E-state index contributed by atoms with van der Waals surface area (Å²) in [6, 6.07) is 14.5. The van der Waals surface area contributed by atoms with Gasteiger partial charge in [0.1, 0.15) is 11.4 Å². The van der Waals surface area contributed by atoms with E-state index in [2.05, 4.69) is 36.9 Å². The Kier molecular flexibility index (Phi) is 10.6. The SMILES string of the molecule is Cc1cc(N(C)C(=O)C2CCC(Oc3cccc(CN4CCCC4=O)c3)CC2)ccc1CN1CCN(C(=O)OC(C)(C)C)[C@@H](C)C1. The number of amides is 3. The summed E-state index contributed by atoms with van der Waals surface area (Å²) in [6.45, 7) is 14.4. The van der Waals surface area contributed by atoms with Gasteiger partial charge in [0.05, 0.1) is 6.10 Å². The number of piperazine rings is 1. The summed E-state index contributed by atoms with van der Waals surface area (Å²) < 4.78 is 11.9. The standard InChI is InChI=1S/C37H52N4O5/c1-26-21-31(15-12-30(26)25-39-19-20-41(27(2)23-39)36(44)46-37(3,4)5)38(6)35(43)29-13-16-32(17-14-29)45-33-10-7-9-28(22-33)24-40-18-8-11-34(40)42/h7,9-10,12,15,21-22,27,29,32H,8,11,13-14,16-20,23-25H2,1-6H3/t27-,29?,32?/m0/s1. The fourth-order valence-electron chi connectivity index (χ4n) is 6.91. The van der Waals surface area contributed by atoms with Crippen LogP contribution in [0.3, 0.4) is 0 Å². The molecule has 0 aromatic heterocycles. The van der Waals surface area contributed by atoms with E-state index in [1.165, 1.54) is 5.56 Å². The van der Waals surface area contributed by atoms with E-state index in [-0.39, 0.29) is 36.0 Å². The summed E-state index contributed by atoms with van der Waals surface area (Å²) in [4.78, 5) is 46.1. The number of nitrogens with zero attached hydrogens (tertiary/aromatic N) is 4. The maximum atomic E-state index is 13.5. The lowest BCUT2D eigenvalue weighted by Gasteiger charge is -2.40. The first kappa shape index (κ1) is 33.8. The smallest absolute Gasteiger partial charge is 0.410 e. The highest BCUT2D eigenvalue weighted by atomic mass is 16.6. The van der Waals surface area contributed by atoms with Crippen molar-refractivity contribution in [1.82, 2.24) is 14.7 Å². The average Bonchev–Trinajstić information content (AvgIpc) is 3.41. The highest BCUT2D eigenvalue weighted by Crippen LogP contribution is 2.31. The van der Waals surface area contributed by atoms with Crippen LogP contribution in [0.2, 0.25) is 0 Å². The van der Waals surface area contributed by atoms with Crippen LogP contribution in [0.1, 0.15) is 82.9 Å². The lowest BCUT2D eigenvalue weighted by Crippen LogP contribution is -2.54. The zero-order valence-corrected chi connectivity index (χ0v) is 28.6. The maximum absolute atomic E-state index is 13.5. The van der Waals surface area contributed by atoms with Gasteiger partial charge in [0.2, 0.25) is 11.8 Å². The van der Waals surface area contributed by atoms with Crippen molar-refractivity contribution in [2.24, 2.45) is 5.92 Å². The third kappa shape index (κ3) is 8.60. The van der Waals surface area contributed by atoms with Crippen molar-refractivity contribution in [1.29, 1.82) is 0 Å². The molecule has 0 N–H and O–H groups in total. The minimum absolute atomic E-state index is 0.0138. The van der Waals surface area contributed by atoms with Crippen LogP contribution in [0.25, 0.3) is 0 Å². The predicted molar refractivity (Wildman–Crippen MR) is 180 cm³/mol. The van der Waals surface area contributed by atoms with Gasteiger partial charge in [0, 0.05) is 70.4 Å². The van der Waals surface area contributed by atoms with E-state index < -0.39 is 5.60 Å². The summed E-state index contributed by atoms with van der Waals surface area (Å²) in [5.41, 5.74) is 3.90. The van der Waals surface area contributed by atoms with Gasteiger partial charge in [-0.05, 0) is 108 Å². The minimum atomic E-state index is -0.500. The van der Waals surface area contributed by atoms with Gasteiger partial charge in [0.25, 0.3) is 0 Å². The van der Waals surface area contributed by atoms with E-state index in [9.17, 15) is 14.4 Å². The van der Waals surface area contributed by atoms with Crippen LogP contribution < -0.4 is 9.64 Å². The maximum Gasteiger partial charge on any atom is 0.410 e. The number of carbonyl (C=O) groups is 3. The zero-order valence-electron chi connectivity index (χ0n) is 28.6. The molecule has 0 unspecified atom stereocenters. The highest BCUT2D eigenvalue weighted by molar-refractivity contribution is 5.94. The molecule has 2 aromatic rings. The first-order valence-corrected chi connectivity index (χ1v) is 17.0. The molecule has 1 atom stereocenters. The van der Waals surface area contributed by atoms with E-state index in [1.54, 1.807) is 0 Å². The Labute approximate surface area is 274 Å². The summed E-state index contributed by atoms with van der Waals surface area (Å²) >= 11 is 0. The quantitative estimate of drug-likeness (QED) is 0.347. The number of anilines is 1. The van der Waals surface area contributed by atoms with Crippen LogP contribution in [0.5, 0.6) is 5.75 Å². The molecule has 3 aliphatic rings. The Morgan fingerprint density at radius 1 is 0.978 bits per heavy atom. The van der Waals surface area contributed by atoms with E-state index in [4.69, 9.17) is 9.47 Å². The number of aryl methyl sites for hydroxylation is 1. The van der Waals surface area contributed by atoms with E-state index >= 15 is 0 Å². The molecule has 0 bridgehead atoms. The van der Waals surface area contributed by atoms with E-state index in [0.29, 0.717) is 19.5 Å². The molecule has 1 aliphatic carbocycles. The second kappa shape index (κ2) is 14.4. The predicted octanol–water partition coefficient (Wildman–Crippen LogP) is 6.16. The number of benzene rings is 2. The summed E-state index contributed by atoms with van der Waals surface area (Å²) in [6.07, 6.45) is 4.73. The third-order valence-corrected chi connectivity index (χ3v) is 9.55. The summed E-state index contributed by atoms with van der Waals surface area (Å²) in [5, 5.41) is 0. The van der Waals surface area contributed by atoms with Gasteiger partial charge in [-0.15, -0.1) is 0 Å². The second-order valence-corrected chi connectivity index (χ2v) is 14.4. The van der Waals surface area contributed by atoms with Crippen molar-refractivity contribution in [3.8, 4) is 5.75 Å². The molecule has 2 saturated heterocycles. The van der Waals surface area contributed by atoms with Crippen molar-refractivity contribution >= 4 is 23.6 Å². The lowest BCUT2D eigenvalue weighted by atomic mass is 9.86. The van der Waals surface area contributed by atoms with Crippen molar-refractivity contribution in [2.45, 2.75) is 104 Å². The Morgan fingerprint density at radius 2 is 1.74 bits per heavy atom. The lowest BCUT2D eigenvalue weighted by molar-refractivity contribution is -0.128. The molecular weight excluding hydrogens is 580 g/mol. The van der Waals surface area contributed by atoms with Gasteiger partial charge in [-0.2, -0.15) is 0 Å². The molecule has 9 heteroatoms. The van der Waals surface area contributed by atoms with E-state index in [1.807, 2.05) is 66.8 Å². The van der Waals surface area contributed by atoms with Crippen molar-refractivity contribution in [3.63, 3.8) is 0 Å². The fraction of sp³-hybridized carbons (Fsp3) is 0.595. The zero-order chi connectivity index (χ0) is 33.0. The molecule has 2 heterocycles. The number of likely N-dealkylation sites (tertiary alicyclic amines) is 1. The third-order valence-electron chi connectivity index (χ3n) is 9.55. The number of rotatable bonds is 8. The summed E-state index contributed by atoms with van der Waals surface area (Å²) in [7, 11) is 1.88. The van der Waals surface area contributed by atoms with Crippen LogP contribution in [-0.2, 0) is 27.4 Å². The van der Waals surface area contributed by atoms with Crippen LogP contribution in [0.4, 0.5) is 10.5 Å². The molecule has 3 amide bonds. The fourth-order valence-corrected chi connectivity index (χ4v) is 6.91. The number of ether oxygens (including phenoxy) is 2. The molecule has 3 fully saturated rings. The largest absolute Gasteiger partial charge is 0.490 e. The number of hydrogen-bond donors (Lipinski definition) is 0. The van der Waals surface area contributed by atoms with Crippen LogP contribution in [0, 0.1) is 12.8 Å². The molecule has 2 aliphatic heterocycles. The Hall–Kier alpha value is -3.59. The van der Waals surface area contributed by atoms with Gasteiger partial charge in [-0.25, -0.2) is 4.79 Å². The van der Waals surface area contributed by atoms with Crippen LogP contribution in [0.15, 0.2) is 42.5 Å². The first-order valence-electron chi connectivity index (χ1n) is 17.0. The molecule has 0 radical (unpaired) electrons. The van der Waals surface area contributed by atoms with Gasteiger partial charge >= 0.3 is 6.09 Å².